The maximum absolute atomic E-state index is 13.2. The summed E-state index contributed by atoms with van der Waals surface area (Å²) in [6, 6.07) is 8.91. The highest BCUT2D eigenvalue weighted by Crippen LogP contribution is 2.34. The lowest BCUT2D eigenvalue weighted by Gasteiger charge is -2.20. The smallest absolute Gasteiger partial charge is 0.340 e. The van der Waals surface area contributed by atoms with Crippen LogP contribution in [-0.2, 0) is 24.1 Å². The van der Waals surface area contributed by atoms with Gasteiger partial charge in [-0.25, -0.2) is 4.98 Å². The summed E-state index contributed by atoms with van der Waals surface area (Å²) in [6.45, 7) is -0.538. The van der Waals surface area contributed by atoms with E-state index in [9.17, 15) is 22.8 Å². The number of benzene rings is 1. The van der Waals surface area contributed by atoms with Gasteiger partial charge in [-0.05, 0) is 23.1 Å². The summed E-state index contributed by atoms with van der Waals surface area (Å²) >= 11 is 2.84. The van der Waals surface area contributed by atoms with Gasteiger partial charge in [0, 0.05) is 29.4 Å². The second-order valence-corrected chi connectivity index (χ2v) is 8.69. The Morgan fingerprint density at radius 2 is 1.94 bits per heavy atom. The van der Waals surface area contributed by atoms with E-state index in [2.05, 4.69) is 4.98 Å². The number of alkyl halides is 3. The van der Waals surface area contributed by atoms with E-state index < -0.39 is 17.6 Å². The molecule has 3 aromatic heterocycles. The number of thiophene rings is 2. The van der Waals surface area contributed by atoms with Crippen LogP contribution in [0.5, 0.6) is 0 Å². The summed E-state index contributed by atoms with van der Waals surface area (Å²) in [5.41, 5.74) is -0.382. The van der Waals surface area contributed by atoms with Crippen molar-refractivity contribution in [3.63, 3.8) is 0 Å². The fourth-order valence-corrected chi connectivity index (χ4v) is 4.96. The molecule has 0 saturated heterocycles. The van der Waals surface area contributed by atoms with Crippen LogP contribution in [0.2, 0.25) is 0 Å². The van der Waals surface area contributed by atoms with E-state index in [1.54, 1.807) is 0 Å². The first-order chi connectivity index (χ1) is 14.8. The molecule has 31 heavy (non-hydrogen) atoms. The lowest BCUT2D eigenvalue weighted by Crippen LogP contribution is -2.34. The quantitative estimate of drug-likeness (QED) is 0.425. The van der Waals surface area contributed by atoms with E-state index >= 15 is 0 Å². The molecule has 1 amide bonds. The largest absolute Gasteiger partial charge is 0.416 e. The van der Waals surface area contributed by atoms with Crippen LogP contribution in [-0.4, -0.2) is 27.4 Å². The molecule has 1 aromatic carbocycles. The van der Waals surface area contributed by atoms with Crippen LogP contribution in [0.3, 0.4) is 0 Å². The van der Waals surface area contributed by atoms with Crippen LogP contribution in [0.15, 0.2) is 58.3 Å². The lowest BCUT2D eigenvalue weighted by atomic mass is 10.1. The first kappa shape index (κ1) is 21.3. The zero-order valence-electron chi connectivity index (χ0n) is 16.2. The minimum Gasteiger partial charge on any atom is -0.340 e. The number of aromatic nitrogens is 2. The molecule has 0 unspecified atom stereocenters. The van der Waals surface area contributed by atoms with Gasteiger partial charge in [0.15, 0.2) is 0 Å². The van der Waals surface area contributed by atoms with Gasteiger partial charge < -0.3 is 4.90 Å². The Balaban J connectivity index is 1.59. The fraction of sp³-hybridized carbons (Fsp3) is 0.190. The van der Waals surface area contributed by atoms with Crippen LogP contribution in [0.4, 0.5) is 13.2 Å². The van der Waals surface area contributed by atoms with Crippen LogP contribution in [0.1, 0.15) is 11.1 Å². The van der Waals surface area contributed by atoms with Crippen LogP contribution >= 0.6 is 22.7 Å². The van der Waals surface area contributed by atoms with Gasteiger partial charge in [-0.15, -0.1) is 22.7 Å². The Labute approximate surface area is 183 Å². The maximum Gasteiger partial charge on any atom is 0.416 e. The minimum absolute atomic E-state index is 0.00964. The third kappa shape index (κ3) is 4.26. The third-order valence-corrected chi connectivity index (χ3v) is 6.60. The number of nitrogens with zero attached hydrogens (tertiary/aromatic N) is 3. The molecule has 0 radical (unpaired) electrons. The highest BCUT2D eigenvalue weighted by Gasteiger charge is 2.33. The van der Waals surface area contributed by atoms with Gasteiger partial charge in [0.2, 0.25) is 5.91 Å². The Morgan fingerprint density at radius 1 is 1.16 bits per heavy atom. The second-order valence-electron chi connectivity index (χ2n) is 6.89. The van der Waals surface area contributed by atoms with Gasteiger partial charge in [-0.1, -0.05) is 24.3 Å². The lowest BCUT2D eigenvalue weighted by molar-refractivity contribution is -0.139. The summed E-state index contributed by atoms with van der Waals surface area (Å²) < 4.78 is 40.8. The van der Waals surface area contributed by atoms with Crippen molar-refractivity contribution in [2.45, 2.75) is 19.3 Å². The van der Waals surface area contributed by atoms with Gasteiger partial charge in [-0.2, -0.15) is 13.2 Å². The predicted molar refractivity (Wildman–Crippen MR) is 115 cm³/mol. The van der Waals surface area contributed by atoms with Crippen molar-refractivity contribution >= 4 is 38.8 Å². The molecule has 0 fully saturated rings. The molecule has 0 aliphatic carbocycles. The second kappa shape index (κ2) is 8.27. The van der Waals surface area contributed by atoms with E-state index in [1.165, 1.54) is 63.7 Å². The number of hydrogen-bond donors (Lipinski definition) is 0. The van der Waals surface area contributed by atoms with Gasteiger partial charge in [0.25, 0.3) is 5.56 Å². The standard InChI is InChI=1S/C21H16F3N3O2S2/c1-26(9-13-5-2-3-6-15(13)21(22,23)24)17(28)10-27-12-25-19-18(20(27)29)14(11-31-19)16-7-4-8-30-16/h2-8,11-12H,9-10H2,1H3. The Morgan fingerprint density at radius 3 is 2.65 bits per heavy atom. The number of rotatable bonds is 5. The molecule has 3 heterocycles. The summed E-state index contributed by atoms with van der Waals surface area (Å²) in [7, 11) is 1.41. The van der Waals surface area contributed by atoms with Crippen molar-refractivity contribution in [2.24, 2.45) is 0 Å². The van der Waals surface area contributed by atoms with Crippen molar-refractivity contribution in [2.75, 3.05) is 7.05 Å². The molecule has 4 rings (SSSR count). The molecule has 0 N–H and O–H groups in total. The van der Waals surface area contributed by atoms with E-state index in [1.807, 2.05) is 22.9 Å². The van der Waals surface area contributed by atoms with Crippen molar-refractivity contribution in [3.05, 3.63) is 75.0 Å². The average molecular weight is 464 g/mol. The van der Waals surface area contributed by atoms with Gasteiger partial charge >= 0.3 is 6.18 Å². The molecule has 0 spiro atoms. The molecule has 4 aromatic rings. The van der Waals surface area contributed by atoms with E-state index in [0.29, 0.717) is 10.2 Å². The fourth-order valence-electron chi connectivity index (χ4n) is 3.24. The molecule has 0 aliphatic heterocycles. The molecule has 0 aliphatic rings. The number of fused-ring (bicyclic) bond motifs is 1. The summed E-state index contributed by atoms with van der Waals surface area (Å²) in [5.74, 6) is -0.492. The molecule has 0 atom stereocenters. The Hall–Kier alpha value is -2.98. The topological polar surface area (TPSA) is 55.2 Å². The van der Waals surface area contributed by atoms with Gasteiger partial charge in [0.1, 0.15) is 11.4 Å². The van der Waals surface area contributed by atoms with Crippen molar-refractivity contribution in [1.82, 2.24) is 14.5 Å². The maximum atomic E-state index is 13.2. The molecule has 5 nitrogen and oxygen atoms in total. The number of carbonyl (C=O) groups excluding carboxylic acids is 1. The highest BCUT2D eigenvalue weighted by atomic mass is 32.1. The van der Waals surface area contributed by atoms with E-state index in [4.69, 9.17) is 0 Å². The first-order valence-electron chi connectivity index (χ1n) is 9.15. The molecule has 160 valence electrons. The minimum atomic E-state index is -4.51. The molecule has 0 saturated carbocycles. The normalized spacial score (nSPS) is 11.7. The van der Waals surface area contributed by atoms with Crippen molar-refractivity contribution in [3.8, 4) is 10.4 Å². The van der Waals surface area contributed by atoms with Crippen molar-refractivity contribution in [1.29, 1.82) is 0 Å². The predicted octanol–water partition coefficient (Wildman–Crippen LogP) is 4.86. The number of carbonyl (C=O) groups is 1. The van der Waals surface area contributed by atoms with Crippen LogP contribution < -0.4 is 5.56 Å². The molecular weight excluding hydrogens is 447 g/mol. The van der Waals surface area contributed by atoms with Crippen LogP contribution in [0, 0.1) is 0 Å². The van der Waals surface area contributed by atoms with E-state index in [-0.39, 0.29) is 24.2 Å². The molecule has 0 bridgehead atoms. The Kier molecular flexibility index (Phi) is 5.67. The average Bonchev–Trinajstić information content (AvgIpc) is 3.39. The number of hydrogen-bond acceptors (Lipinski definition) is 5. The number of halogens is 3. The summed E-state index contributed by atoms with van der Waals surface area (Å²) in [6.07, 6.45) is -3.21. The highest BCUT2D eigenvalue weighted by molar-refractivity contribution is 7.18. The van der Waals surface area contributed by atoms with E-state index in [0.717, 1.165) is 16.5 Å². The zero-order valence-corrected chi connectivity index (χ0v) is 17.9. The molecular formula is C21H16F3N3O2S2. The summed E-state index contributed by atoms with van der Waals surface area (Å²) in [5, 5.41) is 4.20. The van der Waals surface area contributed by atoms with Gasteiger partial charge in [0.05, 0.1) is 17.3 Å². The molecule has 10 heteroatoms. The summed E-state index contributed by atoms with van der Waals surface area (Å²) in [4.78, 5) is 32.7. The number of likely N-dealkylation sites (N-methyl/N-ethyl adjacent to an activating group) is 1. The van der Waals surface area contributed by atoms with Crippen molar-refractivity contribution < 1.29 is 18.0 Å². The third-order valence-electron chi connectivity index (χ3n) is 4.81. The van der Waals surface area contributed by atoms with Crippen LogP contribution in [0.25, 0.3) is 20.7 Å². The SMILES string of the molecule is CN(Cc1ccccc1C(F)(F)F)C(=O)Cn1cnc2scc(-c3cccs3)c2c1=O. The Bertz CT molecular complexity index is 1290. The van der Waals surface area contributed by atoms with Gasteiger partial charge in [-0.3, -0.25) is 14.2 Å². The first-order valence-corrected chi connectivity index (χ1v) is 10.9. The monoisotopic (exact) mass is 463 g/mol. The number of amides is 1. The zero-order chi connectivity index (χ0) is 22.2.